The van der Waals surface area contributed by atoms with E-state index in [1.807, 2.05) is 18.2 Å². The molecule has 0 atom stereocenters. The number of hydrogen-bond donors (Lipinski definition) is 1. The molecule has 3 heteroatoms. The summed E-state index contributed by atoms with van der Waals surface area (Å²) in [7, 11) is 0. The zero-order valence-corrected chi connectivity index (χ0v) is 15.3. The molecule has 0 spiro atoms. The van der Waals surface area contributed by atoms with Crippen molar-refractivity contribution in [3.63, 3.8) is 0 Å². The van der Waals surface area contributed by atoms with Crippen LogP contribution in [0.15, 0.2) is 67.4 Å². The van der Waals surface area contributed by atoms with E-state index >= 15 is 0 Å². The number of piperazine rings is 1. The van der Waals surface area contributed by atoms with E-state index in [2.05, 4.69) is 53.3 Å². The van der Waals surface area contributed by atoms with E-state index in [4.69, 9.17) is 5.73 Å². The third-order valence-corrected chi connectivity index (χ3v) is 5.55. The van der Waals surface area contributed by atoms with Crippen LogP contribution in [0.1, 0.15) is 18.4 Å². The van der Waals surface area contributed by atoms with Gasteiger partial charge in [-0.05, 0) is 47.6 Å². The monoisotopic (exact) mass is 345 g/mol. The van der Waals surface area contributed by atoms with Crippen molar-refractivity contribution < 1.29 is 0 Å². The van der Waals surface area contributed by atoms with E-state index in [1.165, 1.54) is 29.7 Å². The number of nitrogens with zero attached hydrogens (tertiary/aromatic N) is 2. The molecule has 0 aromatic heterocycles. The molecule has 4 rings (SSSR count). The van der Waals surface area contributed by atoms with Gasteiger partial charge in [0.05, 0.1) is 0 Å². The molecule has 26 heavy (non-hydrogen) atoms. The highest BCUT2D eigenvalue weighted by molar-refractivity contribution is 5.70. The molecule has 134 valence electrons. The minimum Gasteiger partial charge on any atom is -0.399 e. The molecular formula is C23H27N3. The molecule has 2 fully saturated rings. The number of anilines is 1. The van der Waals surface area contributed by atoms with Gasteiger partial charge in [0.1, 0.15) is 0 Å². The Hall–Kier alpha value is -2.68. The molecule has 0 radical (unpaired) electrons. The van der Waals surface area contributed by atoms with Gasteiger partial charge < -0.3 is 15.5 Å². The number of allylic oxidation sites excluding steroid dienone is 1. The highest BCUT2D eigenvalue weighted by Crippen LogP contribution is 2.37. The van der Waals surface area contributed by atoms with Crippen LogP contribution < -0.4 is 5.73 Å². The van der Waals surface area contributed by atoms with Crippen molar-refractivity contribution in [3.8, 4) is 11.1 Å². The SMILES string of the molecule is C=C(c1ccc(-c2cccc(N)c2)cc1)N1CCN(C(=C)C2CC2)CC1. The normalized spacial score (nSPS) is 17.2. The number of hydrogen-bond acceptors (Lipinski definition) is 3. The van der Waals surface area contributed by atoms with Crippen molar-refractivity contribution in [3.05, 3.63) is 72.9 Å². The van der Waals surface area contributed by atoms with Gasteiger partial charge in [0.15, 0.2) is 0 Å². The average molecular weight is 345 g/mol. The van der Waals surface area contributed by atoms with Gasteiger partial charge in [0, 0.05) is 43.3 Å². The summed E-state index contributed by atoms with van der Waals surface area (Å²) in [6.07, 6.45) is 2.65. The standard InChI is InChI=1S/C23H27N3/c1-17(19-6-7-19)25-12-14-26(15-13-25)18(2)20-8-10-21(11-9-20)22-4-3-5-23(24)16-22/h3-5,8-11,16,19H,1-2,6-7,12-15,24H2. The lowest BCUT2D eigenvalue weighted by molar-refractivity contribution is 0.207. The highest BCUT2D eigenvalue weighted by Gasteiger charge is 2.30. The van der Waals surface area contributed by atoms with Crippen LogP contribution in [-0.4, -0.2) is 36.0 Å². The van der Waals surface area contributed by atoms with Crippen LogP contribution in [0, 0.1) is 5.92 Å². The third-order valence-electron chi connectivity index (χ3n) is 5.55. The molecule has 1 saturated heterocycles. The van der Waals surface area contributed by atoms with Crippen LogP contribution in [0.2, 0.25) is 0 Å². The lowest BCUT2D eigenvalue weighted by Gasteiger charge is -2.39. The van der Waals surface area contributed by atoms with Crippen LogP contribution in [0.5, 0.6) is 0 Å². The van der Waals surface area contributed by atoms with Gasteiger partial charge in [-0.1, -0.05) is 49.6 Å². The van der Waals surface area contributed by atoms with Crippen molar-refractivity contribution in [2.75, 3.05) is 31.9 Å². The fraction of sp³-hybridized carbons (Fsp3) is 0.304. The molecule has 2 N–H and O–H groups in total. The van der Waals surface area contributed by atoms with E-state index in [-0.39, 0.29) is 0 Å². The molecule has 1 aliphatic carbocycles. The number of nitrogens with two attached hydrogens (primary N) is 1. The van der Waals surface area contributed by atoms with Gasteiger partial charge in [0.2, 0.25) is 0 Å². The van der Waals surface area contributed by atoms with Crippen LogP contribution >= 0.6 is 0 Å². The second-order valence-electron chi connectivity index (χ2n) is 7.39. The first-order chi connectivity index (χ1) is 12.6. The van der Waals surface area contributed by atoms with Gasteiger partial charge in [0.25, 0.3) is 0 Å². The van der Waals surface area contributed by atoms with Crippen molar-refractivity contribution >= 4 is 11.4 Å². The van der Waals surface area contributed by atoms with Crippen LogP contribution in [0.4, 0.5) is 5.69 Å². The lowest BCUT2D eigenvalue weighted by atomic mass is 10.0. The molecule has 2 aromatic rings. The Bertz CT molecular complexity index is 810. The average Bonchev–Trinajstić information content (AvgIpc) is 3.52. The summed E-state index contributed by atoms with van der Waals surface area (Å²) in [5.41, 5.74) is 12.7. The fourth-order valence-electron chi connectivity index (χ4n) is 3.69. The minimum absolute atomic E-state index is 0.754. The van der Waals surface area contributed by atoms with E-state index < -0.39 is 0 Å². The van der Waals surface area contributed by atoms with Gasteiger partial charge in [-0.15, -0.1) is 0 Å². The predicted molar refractivity (Wildman–Crippen MR) is 110 cm³/mol. The summed E-state index contributed by atoms with van der Waals surface area (Å²) >= 11 is 0. The molecule has 1 aliphatic heterocycles. The number of nitrogen functional groups attached to an aromatic ring is 1. The highest BCUT2D eigenvalue weighted by atomic mass is 15.3. The first kappa shape index (κ1) is 16.8. The third kappa shape index (κ3) is 3.48. The first-order valence-electron chi connectivity index (χ1n) is 9.46. The second-order valence-corrected chi connectivity index (χ2v) is 7.39. The maximum atomic E-state index is 5.90. The van der Waals surface area contributed by atoms with Gasteiger partial charge >= 0.3 is 0 Å². The summed E-state index contributed by atoms with van der Waals surface area (Å²) in [4.78, 5) is 4.86. The predicted octanol–water partition coefficient (Wildman–Crippen LogP) is 4.45. The topological polar surface area (TPSA) is 32.5 Å². The van der Waals surface area contributed by atoms with Gasteiger partial charge in [-0.3, -0.25) is 0 Å². The molecule has 2 aliphatic rings. The van der Waals surface area contributed by atoms with E-state index in [0.717, 1.165) is 49.0 Å². The number of benzene rings is 2. The minimum atomic E-state index is 0.754. The number of rotatable bonds is 5. The Kier molecular flexibility index (Phi) is 4.46. The van der Waals surface area contributed by atoms with E-state index in [0.29, 0.717) is 0 Å². The van der Waals surface area contributed by atoms with Crippen molar-refractivity contribution in [1.29, 1.82) is 0 Å². The molecule has 1 heterocycles. The van der Waals surface area contributed by atoms with Crippen LogP contribution in [0.3, 0.4) is 0 Å². The molecule has 0 unspecified atom stereocenters. The van der Waals surface area contributed by atoms with Crippen molar-refractivity contribution in [1.82, 2.24) is 9.80 Å². The largest absolute Gasteiger partial charge is 0.399 e. The van der Waals surface area contributed by atoms with Gasteiger partial charge in [-0.25, -0.2) is 0 Å². The quantitative estimate of drug-likeness (QED) is 0.813. The second kappa shape index (κ2) is 6.91. The maximum absolute atomic E-state index is 5.90. The van der Waals surface area contributed by atoms with Crippen LogP contribution in [0.25, 0.3) is 16.8 Å². The van der Waals surface area contributed by atoms with Crippen LogP contribution in [-0.2, 0) is 0 Å². The Morgan fingerprint density at radius 3 is 2.12 bits per heavy atom. The Balaban J connectivity index is 1.40. The zero-order valence-electron chi connectivity index (χ0n) is 15.3. The summed E-state index contributed by atoms with van der Waals surface area (Å²) in [6, 6.07) is 16.6. The molecule has 0 amide bonds. The summed E-state index contributed by atoms with van der Waals surface area (Å²) in [6.45, 7) is 12.8. The first-order valence-corrected chi connectivity index (χ1v) is 9.46. The summed E-state index contributed by atoms with van der Waals surface area (Å²) in [5, 5.41) is 0. The Morgan fingerprint density at radius 1 is 0.846 bits per heavy atom. The summed E-state index contributed by atoms with van der Waals surface area (Å²) in [5.74, 6) is 0.754. The van der Waals surface area contributed by atoms with Crippen molar-refractivity contribution in [2.45, 2.75) is 12.8 Å². The van der Waals surface area contributed by atoms with Gasteiger partial charge in [-0.2, -0.15) is 0 Å². The smallest absolute Gasteiger partial charge is 0.0368 e. The fourth-order valence-corrected chi connectivity index (χ4v) is 3.69. The molecule has 2 aromatic carbocycles. The molecule has 0 bridgehead atoms. The zero-order chi connectivity index (χ0) is 18.1. The Morgan fingerprint density at radius 2 is 1.50 bits per heavy atom. The van der Waals surface area contributed by atoms with Crippen molar-refractivity contribution in [2.24, 2.45) is 5.92 Å². The molecule has 3 nitrogen and oxygen atoms in total. The lowest BCUT2D eigenvalue weighted by Crippen LogP contribution is -2.44. The van der Waals surface area contributed by atoms with E-state index in [9.17, 15) is 0 Å². The maximum Gasteiger partial charge on any atom is 0.0368 e. The summed E-state index contributed by atoms with van der Waals surface area (Å²) < 4.78 is 0. The molecule has 1 saturated carbocycles. The Labute approximate surface area is 156 Å². The van der Waals surface area contributed by atoms with E-state index in [1.54, 1.807) is 0 Å². The molecular weight excluding hydrogens is 318 g/mol.